The van der Waals surface area contributed by atoms with Crippen molar-refractivity contribution in [3.05, 3.63) is 84.0 Å². The van der Waals surface area contributed by atoms with E-state index in [0.29, 0.717) is 23.0 Å². The van der Waals surface area contributed by atoms with Gasteiger partial charge < -0.3 is 15.4 Å². The van der Waals surface area contributed by atoms with Gasteiger partial charge in [-0.3, -0.25) is 9.88 Å². The average Bonchev–Trinajstić information content (AvgIpc) is 3.27. The second-order valence-electron chi connectivity index (χ2n) is 7.45. The number of aromatic nitrogens is 1. The van der Waals surface area contributed by atoms with Gasteiger partial charge in [0.25, 0.3) is 0 Å². The molecule has 1 aromatic heterocycles. The number of carbonyl (C=O) groups excluding carboxylic acids is 1. The molecule has 0 radical (unpaired) electrons. The smallest absolute Gasteiger partial charge is 0.319 e. The van der Waals surface area contributed by atoms with Crippen molar-refractivity contribution in [1.82, 2.24) is 15.2 Å². The third-order valence-corrected chi connectivity index (χ3v) is 5.24. The molecule has 0 spiro atoms. The van der Waals surface area contributed by atoms with Gasteiger partial charge in [0.2, 0.25) is 0 Å². The molecule has 3 aromatic rings. The zero-order valence-electron chi connectivity index (χ0n) is 18.2. The Morgan fingerprint density at radius 3 is 2.44 bits per heavy atom. The van der Waals surface area contributed by atoms with Crippen LogP contribution in [0, 0.1) is 0 Å². The first-order valence-corrected chi connectivity index (χ1v) is 11.0. The van der Waals surface area contributed by atoms with E-state index in [2.05, 4.69) is 20.5 Å². The molecule has 0 aliphatic carbocycles. The number of halogens is 1. The van der Waals surface area contributed by atoms with Crippen molar-refractivity contribution < 1.29 is 9.53 Å². The van der Waals surface area contributed by atoms with Crippen molar-refractivity contribution in [2.24, 2.45) is 0 Å². The number of nitrogens with one attached hydrogen (secondary N) is 2. The van der Waals surface area contributed by atoms with E-state index in [0.717, 1.165) is 31.6 Å². The minimum Gasteiger partial charge on any atom is -0.383 e. The lowest BCUT2D eigenvalue weighted by molar-refractivity contribution is 0.160. The summed E-state index contributed by atoms with van der Waals surface area (Å²) >= 11 is 6.07. The van der Waals surface area contributed by atoms with Crippen LogP contribution in [0.3, 0.4) is 0 Å². The maximum atomic E-state index is 12.4. The number of anilines is 1. The summed E-state index contributed by atoms with van der Waals surface area (Å²) in [5, 5.41) is 6.40. The normalized spacial score (nSPS) is 15.5. The Labute approximate surface area is 194 Å². The SMILES string of the molecule is COCCN1CC[C@H](NC(=O)Nc2cc(Cl)cnc2-c2ccccc2)C1.c1ccccc1. The number of nitrogens with zero attached hydrogens (tertiary/aromatic N) is 2. The molecule has 0 bridgehead atoms. The molecule has 0 unspecified atom stereocenters. The second-order valence-corrected chi connectivity index (χ2v) is 7.88. The van der Waals surface area contributed by atoms with Crippen molar-refractivity contribution in [3.8, 4) is 11.3 Å². The monoisotopic (exact) mass is 452 g/mol. The van der Waals surface area contributed by atoms with E-state index in [1.807, 2.05) is 66.7 Å². The molecular weight excluding hydrogens is 424 g/mol. The molecule has 6 nitrogen and oxygen atoms in total. The molecule has 1 saturated heterocycles. The quantitative estimate of drug-likeness (QED) is 0.556. The van der Waals surface area contributed by atoms with Crippen LogP contribution in [0.1, 0.15) is 6.42 Å². The van der Waals surface area contributed by atoms with E-state index in [1.54, 1.807) is 19.4 Å². The summed E-state index contributed by atoms with van der Waals surface area (Å²) in [6, 6.07) is 23.3. The molecule has 2 amide bonds. The Hall–Kier alpha value is -2.93. The zero-order chi connectivity index (χ0) is 22.6. The summed E-state index contributed by atoms with van der Waals surface area (Å²) in [5.41, 5.74) is 2.21. The summed E-state index contributed by atoms with van der Waals surface area (Å²) < 4.78 is 5.10. The number of methoxy groups -OCH3 is 1. The Bertz CT molecular complexity index is 930. The second kappa shape index (κ2) is 12.8. The average molecular weight is 453 g/mol. The maximum absolute atomic E-state index is 12.4. The number of hydrogen-bond donors (Lipinski definition) is 2. The fourth-order valence-electron chi connectivity index (χ4n) is 3.46. The van der Waals surface area contributed by atoms with Gasteiger partial charge in [0.05, 0.1) is 23.0 Å². The molecule has 1 fully saturated rings. The van der Waals surface area contributed by atoms with Gasteiger partial charge in [0.15, 0.2) is 0 Å². The van der Waals surface area contributed by atoms with Gasteiger partial charge >= 0.3 is 6.03 Å². The predicted octanol–water partition coefficient (Wildman–Crippen LogP) is 4.93. The maximum Gasteiger partial charge on any atom is 0.319 e. The van der Waals surface area contributed by atoms with Crippen molar-refractivity contribution in [3.63, 3.8) is 0 Å². The molecule has 4 rings (SSSR count). The Morgan fingerprint density at radius 2 is 1.78 bits per heavy atom. The highest BCUT2D eigenvalue weighted by atomic mass is 35.5. The third kappa shape index (κ3) is 7.64. The summed E-state index contributed by atoms with van der Waals surface area (Å²) in [4.78, 5) is 19.1. The van der Waals surface area contributed by atoms with Gasteiger partial charge in [0, 0.05) is 44.5 Å². The largest absolute Gasteiger partial charge is 0.383 e. The standard InChI is InChI=1S/C19H23ClN4O2.C6H6/c1-26-10-9-24-8-7-16(13-24)22-19(25)23-17-11-15(20)12-21-18(17)14-5-3-2-4-6-14;1-2-4-6-5-3-1/h2-6,11-12,16H,7-10,13H2,1H3,(H2,22,23,25);1-6H/t16-;/m0./s1. The number of urea groups is 1. The van der Waals surface area contributed by atoms with Crippen LogP contribution in [0.5, 0.6) is 0 Å². The molecule has 0 saturated carbocycles. The summed E-state index contributed by atoms with van der Waals surface area (Å²) in [5.74, 6) is 0. The fraction of sp³-hybridized carbons (Fsp3) is 0.280. The molecule has 1 aliphatic heterocycles. The molecule has 32 heavy (non-hydrogen) atoms. The van der Waals surface area contributed by atoms with E-state index >= 15 is 0 Å². The number of pyridine rings is 1. The molecule has 168 valence electrons. The Morgan fingerprint density at radius 1 is 1.12 bits per heavy atom. The van der Waals surface area contributed by atoms with Crippen molar-refractivity contribution in [2.45, 2.75) is 12.5 Å². The summed E-state index contributed by atoms with van der Waals surface area (Å²) in [6.07, 6.45) is 2.51. The van der Waals surface area contributed by atoms with Gasteiger partial charge in [-0.2, -0.15) is 0 Å². The molecule has 7 heteroatoms. The minimum absolute atomic E-state index is 0.124. The first-order chi connectivity index (χ1) is 15.7. The molecule has 2 N–H and O–H groups in total. The van der Waals surface area contributed by atoms with E-state index in [9.17, 15) is 4.79 Å². The van der Waals surface area contributed by atoms with Gasteiger partial charge in [-0.15, -0.1) is 0 Å². The minimum atomic E-state index is -0.246. The summed E-state index contributed by atoms with van der Waals surface area (Å²) in [7, 11) is 1.70. The summed E-state index contributed by atoms with van der Waals surface area (Å²) in [6.45, 7) is 3.37. The molecule has 1 atom stereocenters. The third-order valence-electron chi connectivity index (χ3n) is 5.04. The van der Waals surface area contributed by atoms with Crippen molar-refractivity contribution in [2.75, 3.05) is 38.7 Å². The lowest BCUT2D eigenvalue weighted by Crippen LogP contribution is -2.40. The van der Waals surface area contributed by atoms with E-state index in [4.69, 9.17) is 16.3 Å². The highest BCUT2D eigenvalue weighted by molar-refractivity contribution is 6.30. The van der Waals surface area contributed by atoms with Crippen LogP contribution in [0.4, 0.5) is 10.5 Å². The topological polar surface area (TPSA) is 66.5 Å². The highest BCUT2D eigenvalue weighted by Gasteiger charge is 2.23. The first-order valence-electron chi connectivity index (χ1n) is 10.7. The number of likely N-dealkylation sites (tertiary alicyclic amines) is 1. The number of carbonyl (C=O) groups is 1. The predicted molar refractivity (Wildman–Crippen MR) is 130 cm³/mol. The van der Waals surface area contributed by atoms with Crippen LogP contribution in [-0.2, 0) is 4.74 Å². The van der Waals surface area contributed by atoms with Gasteiger partial charge in [0.1, 0.15) is 0 Å². The number of benzene rings is 2. The Kier molecular flexibility index (Phi) is 9.50. The lowest BCUT2D eigenvalue weighted by Gasteiger charge is -2.17. The zero-order valence-corrected chi connectivity index (χ0v) is 19.0. The van der Waals surface area contributed by atoms with Crippen LogP contribution < -0.4 is 10.6 Å². The number of amides is 2. The van der Waals surface area contributed by atoms with Gasteiger partial charge in [-0.1, -0.05) is 78.3 Å². The molecular formula is C25H29ClN4O2. The van der Waals surface area contributed by atoms with Crippen LogP contribution in [0.2, 0.25) is 5.02 Å². The van der Waals surface area contributed by atoms with Crippen molar-refractivity contribution in [1.29, 1.82) is 0 Å². The first kappa shape index (κ1) is 23.7. The number of hydrogen-bond acceptors (Lipinski definition) is 4. The highest BCUT2D eigenvalue weighted by Crippen LogP contribution is 2.28. The molecule has 2 aromatic carbocycles. The van der Waals surface area contributed by atoms with Crippen LogP contribution >= 0.6 is 11.6 Å². The van der Waals surface area contributed by atoms with Crippen LogP contribution in [-0.4, -0.2) is 55.3 Å². The van der Waals surface area contributed by atoms with Crippen LogP contribution in [0.15, 0.2) is 79.0 Å². The lowest BCUT2D eigenvalue weighted by atomic mass is 10.1. The van der Waals surface area contributed by atoms with Crippen molar-refractivity contribution >= 4 is 23.3 Å². The molecule has 2 heterocycles. The van der Waals surface area contributed by atoms with Gasteiger partial charge in [-0.25, -0.2) is 4.79 Å². The number of rotatable bonds is 6. The number of ether oxygens (including phenoxy) is 1. The fourth-order valence-corrected chi connectivity index (χ4v) is 3.62. The van der Waals surface area contributed by atoms with E-state index in [-0.39, 0.29) is 12.1 Å². The van der Waals surface area contributed by atoms with Gasteiger partial charge in [-0.05, 0) is 12.5 Å². The van der Waals surface area contributed by atoms with E-state index < -0.39 is 0 Å². The van der Waals surface area contributed by atoms with Crippen LogP contribution in [0.25, 0.3) is 11.3 Å². The molecule has 1 aliphatic rings. The Balaban J connectivity index is 0.000000416. The van der Waals surface area contributed by atoms with E-state index in [1.165, 1.54) is 0 Å².